The van der Waals surface area contributed by atoms with Gasteiger partial charge in [-0.1, -0.05) is 12.1 Å². The fourth-order valence-corrected chi connectivity index (χ4v) is 6.39. The van der Waals surface area contributed by atoms with Gasteiger partial charge in [-0.05, 0) is 42.3 Å². The third kappa shape index (κ3) is 3.73. The van der Waals surface area contributed by atoms with Crippen molar-refractivity contribution in [3.05, 3.63) is 61.2 Å². The number of benzene rings is 2. The highest BCUT2D eigenvalue weighted by molar-refractivity contribution is 7.93. The molecule has 0 spiro atoms. The molecule has 2 saturated heterocycles. The molecule has 1 N–H and O–H groups in total. The summed E-state index contributed by atoms with van der Waals surface area (Å²) in [7, 11) is -3.19. The molecule has 2 aromatic heterocycles. The number of anilines is 3. The first-order valence-electron chi connectivity index (χ1n) is 11.4. The average molecular weight is 476 g/mol. The van der Waals surface area contributed by atoms with E-state index >= 15 is 0 Å². The smallest absolute Gasteiger partial charge is 0.235 e. The van der Waals surface area contributed by atoms with Crippen LogP contribution in [0.2, 0.25) is 0 Å². The number of H-pyrrole nitrogens is 1. The van der Waals surface area contributed by atoms with Gasteiger partial charge < -0.3 is 9.80 Å². The van der Waals surface area contributed by atoms with Crippen LogP contribution in [0.4, 0.5) is 17.2 Å². The quantitative estimate of drug-likeness (QED) is 0.485. The molecule has 0 atom stereocenters. The van der Waals surface area contributed by atoms with Crippen molar-refractivity contribution in [1.82, 2.24) is 20.2 Å². The van der Waals surface area contributed by atoms with E-state index in [0.717, 1.165) is 65.4 Å². The van der Waals surface area contributed by atoms with E-state index < -0.39 is 10.0 Å². The third-order valence-electron chi connectivity index (χ3n) is 6.61. The van der Waals surface area contributed by atoms with Crippen molar-refractivity contribution in [3.63, 3.8) is 0 Å². The highest BCUT2D eigenvalue weighted by atomic mass is 32.2. The number of hydrogen-bond acceptors (Lipinski definition) is 7. The number of aromatic nitrogens is 4. The van der Waals surface area contributed by atoms with Gasteiger partial charge in [-0.3, -0.25) is 9.40 Å². The lowest BCUT2D eigenvalue weighted by Gasteiger charge is -2.37. The molecule has 10 heteroatoms. The molecule has 2 fully saturated rings. The molecule has 0 aliphatic carbocycles. The number of nitrogens with zero attached hydrogens (tertiary/aromatic N) is 6. The van der Waals surface area contributed by atoms with Crippen molar-refractivity contribution in [1.29, 1.82) is 0 Å². The van der Waals surface area contributed by atoms with Crippen LogP contribution in [0, 0.1) is 0 Å². The van der Waals surface area contributed by atoms with E-state index in [1.807, 2.05) is 36.7 Å². The molecule has 9 nitrogen and oxygen atoms in total. The zero-order chi connectivity index (χ0) is 23.1. The summed E-state index contributed by atoms with van der Waals surface area (Å²) in [5.41, 5.74) is 4.82. The van der Waals surface area contributed by atoms with E-state index in [0.29, 0.717) is 13.0 Å². The molecule has 0 saturated carbocycles. The maximum absolute atomic E-state index is 12.3. The number of sulfonamides is 1. The lowest BCUT2D eigenvalue weighted by molar-refractivity contribution is 0.599. The molecular formula is C24H25N7O2S. The predicted molar refractivity (Wildman–Crippen MR) is 134 cm³/mol. The third-order valence-corrected chi connectivity index (χ3v) is 8.48. The van der Waals surface area contributed by atoms with Gasteiger partial charge in [0.1, 0.15) is 12.1 Å². The fourth-order valence-electron chi connectivity index (χ4n) is 4.83. The van der Waals surface area contributed by atoms with Crippen LogP contribution in [-0.4, -0.2) is 67.1 Å². The molecule has 6 rings (SSSR count). The first kappa shape index (κ1) is 20.9. The molecule has 174 valence electrons. The number of aromatic amines is 1. The second kappa shape index (κ2) is 8.28. The van der Waals surface area contributed by atoms with Crippen molar-refractivity contribution in [2.45, 2.75) is 6.42 Å². The van der Waals surface area contributed by atoms with Gasteiger partial charge in [0.15, 0.2) is 0 Å². The van der Waals surface area contributed by atoms with E-state index in [1.54, 1.807) is 6.33 Å². The summed E-state index contributed by atoms with van der Waals surface area (Å²) in [4.78, 5) is 13.7. The summed E-state index contributed by atoms with van der Waals surface area (Å²) in [5.74, 6) is 1.16. The Bertz CT molecular complexity index is 1430. The molecule has 0 unspecified atom stereocenters. The average Bonchev–Trinajstić information content (AvgIpc) is 3.53. The van der Waals surface area contributed by atoms with Crippen LogP contribution in [0.5, 0.6) is 0 Å². The van der Waals surface area contributed by atoms with Crippen LogP contribution in [0.25, 0.3) is 22.0 Å². The van der Waals surface area contributed by atoms with Crippen LogP contribution < -0.4 is 14.1 Å². The maximum atomic E-state index is 12.3. The van der Waals surface area contributed by atoms with Crippen molar-refractivity contribution in [2.75, 3.05) is 52.6 Å². The number of hydrogen-bond donors (Lipinski definition) is 1. The molecule has 2 aliphatic rings. The topological polar surface area (TPSA) is 98.3 Å². The minimum Gasteiger partial charge on any atom is -0.368 e. The Morgan fingerprint density at radius 2 is 1.68 bits per heavy atom. The summed E-state index contributed by atoms with van der Waals surface area (Å²) < 4.78 is 26.2. The summed E-state index contributed by atoms with van der Waals surface area (Å²) >= 11 is 0. The van der Waals surface area contributed by atoms with Crippen LogP contribution in [0.1, 0.15) is 6.42 Å². The van der Waals surface area contributed by atoms with Gasteiger partial charge in [0.2, 0.25) is 10.0 Å². The Morgan fingerprint density at radius 1 is 0.853 bits per heavy atom. The van der Waals surface area contributed by atoms with Crippen LogP contribution in [-0.2, 0) is 10.0 Å². The molecule has 0 radical (unpaired) electrons. The molecule has 2 aromatic carbocycles. The Kier molecular flexibility index (Phi) is 5.09. The highest BCUT2D eigenvalue weighted by Gasteiger charge is 2.29. The van der Waals surface area contributed by atoms with E-state index in [-0.39, 0.29) is 5.75 Å². The van der Waals surface area contributed by atoms with Gasteiger partial charge in [-0.25, -0.2) is 18.4 Å². The molecule has 0 bridgehead atoms. The van der Waals surface area contributed by atoms with Gasteiger partial charge in [0, 0.05) is 55.6 Å². The van der Waals surface area contributed by atoms with Crippen molar-refractivity contribution in [2.24, 2.45) is 0 Å². The largest absolute Gasteiger partial charge is 0.368 e. The monoisotopic (exact) mass is 475 g/mol. The molecule has 4 heterocycles. The van der Waals surface area contributed by atoms with Crippen molar-refractivity contribution < 1.29 is 8.42 Å². The summed E-state index contributed by atoms with van der Waals surface area (Å²) in [6.45, 7) is 3.83. The zero-order valence-electron chi connectivity index (χ0n) is 18.6. The number of fused-ring (bicyclic) bond motifs is 1. The Morgan fingerprint density at radius 3 is 2.44 bits per heavy atom. The number of nitrogens with one attached hydrogen (secondary N) is 1. The highest BCUT2D eigenvalue weighted by Crippen LogP contribution is 2.31. The second-order valence-corrected chi connectivity index (χ2v) is 10.7. The van der Waals surface area contributed by atoms with Gasteiger partial charge >= 0.3 is 0 Å². The lowest BCUT2D eigenvalue weighted by Crippen LogP contribution is -2.47. The predicted octanol–water partition coefficient (Wildman–Crippen LogP) is 2.89. The second-order valence-electron chi connectivity index (χ2n) is 8.65. The summed E-state index contributed by atoms with van der Waals surface area (Å²) in [6.07, 6.45) is 6.00. The zero-order valence-corrected chi connectivity index (χ0v) is 19.4. The molecule has 4 aromatic rings. The minimum atomic E-state index is -3.19. The van der Waals surface area contributed by atoms with Gasteiger partial charge in [-0.15, -0.1) is 0 Å². The maximum Gasteiger partial charge on any atom is 0.235 e. The Hall–Kier alpha value is -3.66. The first-order valence-corrected chi connectivity index (χ1v) is 13.0. The Balaban J connectivity index is 1.23. The van der Waals surface area contributed by atoms with E-state index in [2.05, 4.69) is 48.2 Å². The molecule has 34 heavy (non-hydrogen) atoms. The van der Waals surface area contributed by atoms with Crippen LogP contribution in [0.3, 0.4) is 0 Å². The SMILES string of the molecule is O=S1(=O)CCCN1c1cccc(N2CCN(c3ncnc4ccc(-c5cn[nH]c5)cc34)CC2)c1. The van der Waals surface area contributed by atoms with E-state index in [9.17, 15) is 8.42 Å². The fraction of sp³-hybridized carbons (Fsp3) is 0.292. The van der Waals surface area contributed by atoms with E-state index in [4.69, 9.17) is 0 Å². The Labute approximate surface area is 198 Å². The number of piperazine rings is 1. The van der Waals surface area contributed by atoms with Crippen LogP contribution in [0.15, 0.2) is 61.2 Å². The number of rotatable bonds is 4. The normalized spacial score (nSPS) is 18.1. The first-order chi connectivity index (χ1) is 16.6. The molecule has 0 amide bonds. The molecular weight excluding hydrogens is 450 g/mol. The van der Waals surface area contributed by atoms with E-state index in [1.165, 1.54) is 4.31 Å². The summed E-state index contributed by atoms with van der Waals surface area (Å²) in [6, 6.07) is 14.1. The van der Waals surface area contributed by atoms with Gasteiger partial charge in [0.05, 0.1) is 23.2 Å². The summed E-state index contributed by atoms with van der Waals surface area (Å²) in [5, 5.41) is 7.95. The molecule has 2 aliphatic heterocycles. The van der Waals surface area contributed by atoms with Crippen molar-refractivity contribution in [3.8, 4) is 11.1 Å². The lowest BCUT2D eigenvalue weighted by atomic mass is 10.1. The van der Waals surface area contributed by atoms with Gasteiger partial charge in [-0.2, -0.15) is 5.10 Å². The van der Waals surface area contributed by atoms with Crippen LogP contribution >= 0.6 is 0 Å². The van der Waals surface area contributed by atoms with Crippen molar-refractivity contribution >= 4 is 38.1 Å². The minimum absolute atomic E-state index is 0.227. The van der Waals surface area contributed by atoms with Gasteiger partial charge in [0.25, 0.3) is 0 Å². The standard InChI is InChI=1S/C24H25N7O2S/c32-34(33)12-2-7-31(34)21-4-1-3-20(14-21)29-8-10-30(11-9-29)24-22-13-18(19-15-27-28-16-19)5-6-23(22)25-17-26-24/h1,3-6,13-17H,2,7-12H2,(H,27,28).